The Bertz CT molecular complexity index is 1050. The molecule has 0 spiro atoms. The maximum atomic E-state index is 14.6. The molecule has 0 N–H and O–H groups in total. The minimum Gasteiger partial charge on any atom is -0.455 e. The van der Waals surface area contributed by atoms with E-state index in [1.807, 2.05) is 6.07 Å². The average molecular weight is 457 g/mol. The van der Waals surface area contributed by atoms with Gasteiger partial charge in [0.2, 0.25) is 0 Å². The Labute approximate surface area is 190 Å². The first-order chi connectivity index (χ1) is 15.5. The molecule has 2 unspecified atom stereocenters. The number of rotatable bonds is 9. The minimum atomic E-state index is -1.77. The zero-order valence-corrected chi connectivity index (χ0v) is 18.1. The molecule has 166 valence electrons. The number of ether oxygens (including phenoxy) is 2. The van der Waals surface area contributed by atoms with Crippen LogP contribution in [0.2, 0.25) is 5.02 Å². The number of carbonyl (C=O) groups is 1. The van der Waals surface area contributed by atoms with Crippen LogP contribution in [0.4, 0.5) is 8.78 Å². The molecule has 1 aliphatic rings. The molecule has 0 bridgehead atoms. The fourth-order valence-electron chi connectivity index (χ4n) is 3.50. The highest BCUT2D eigenvalue weighted by atomic mass is 35.5. The highest BCUT2D eigenvalue weighted by Crippen LogP contribution is 2.43. The van der Waals surface area contributed by atoms with E-state index in [9.17, 15) is 13.6 Å². The summed E-state index contributed by atoms with van der Waals surface area (Å²) < 4.78 is 39.9. The van der Waals surface area contributed by atoms with Crippen molar-refractivity contribution < 1.29 is 23.0 Å². The van der Waals surface area contributed by atoms with Gasteiger partial charge in [-0.05, 0) is 73.2 Å². The zero-order chi connectivity index (χ0) is 22.5. The number of halogens is 3. The third-order valence-electron chi connectivity index (χ3n) is 5.40. The first kappa shape index (κ1) is 22.3. The summed E-state index contributed by atoms with van der Waals surface area (Å²) in [7, 11) is 0. The van der Waals surface area contributed by atoms with Crippen molar-refractivity contribution in [1.29, 1.82) is 0 Å². The lowest BCUT2D eigenvalue weighted by Gasteiger charge is -2.19. The van der Waals surface area contributed by atoms with E-state index < -0.39 is 24.1 Å². The third kappa shape index (κ3) is 5.86. The first-order valence-corrected chi connectivity index (χ1v) is 11.0. The van der Waals surface area contributed by atoms with Gasteiger partial charge in [-0.25, -0.2) is 13.6 Å². The molecule has 6 heteroatoms. The molecule has 3 aromatic carbocycles. The number of hydrogen-bond acceptors (Lipinski definition) is 3. The highest BCUT2D eigenvalue weighted by molar-refractivity contribution is 6.30. The Kier molecular flexibility index (Phi) is 7.05. The lowest BCUT2D eigenvalue weighted by Crippen LogP contribution is -2.23. The van der Waals surface area contributed by atoms with E-state index in [0.29, 0.717) is 16.3 Å². The molecule has 2 atom stereocenters. The molecule has 0 aliphatic heterocycles. The van der Waals surface area contributed by atoms with Crippen molar-refractivity contribution in [2.45, 2.75) is 38.0 Å². The molecule has 1 saturated carbocycles. The molecule has 0 heterocycles. The number of carbonyl (C=O) groups excluding carboxylic acids is 1. The van der Waals surface area contributed by atoms with Gasteiger partial charge in [-0.2, -0.15) is 0 Å². The number of alkyl halides is 1. The monoisotopic (exact) mass is 456 g/mol. The normalized spacial score (nSPS) is 15.1. The van der Waals surface area contributed by atoms with E-state index in [0.717, 1.165) is 18.4 Å². The van der Waals surface area contributed by atoms with Crippen molar-refractivity contribution in [2.24, 2.45) is 5.92 Å². The molecule has 4 rings (SSSR count). The van der Waals surface area contributed by atoms with Crippen molar-refractivity contribution in [3.63, 3.8) is 0 Å². The first-order valence-electron chi connectivity index (χ1n) is 10.6. The van der Waals surface area contributed by atoms with Gasteiger partial charge in [0, 0.05) is 10.9 Å². The van der Waals surface area contributed by atoms with Gasteiger partial charge in [0.15, 0.2) is 17.7 Å². The van der Waals surface area contributed by atoms with Crippen LogP contribution in [-0.4, -0.2) is 12.1 Å². The predicted molar refractivity (Wildman–Crippen MR) is 119 cm³/mol. The number of benzene rings is 3. The van der Waals surface area contributed by atoms with E-state index in [4.69, 9.17) is 21.1 Å². The predicted octanol–water partition coefficient (Wildman–Crippen LogP) is 7.24. The van der Waals surface area contributed by atoms with Crippen LogP contribution in [0.1, 0.15) is 36.5 Å². The van der Waals surface area contributed by atoms with E-state index in [1.54, 1.807) is 54.6 Å². The van der Waals surface area contributed by atoms with Gasteiger partial charge in [0.1, 0.15) is 11.9 Å². The summed E-state index contributed by atoms with van der Waals surface area (Å²) >= 11 is 5.93. The van der Waals surface area contributed by atoms with Crippen LogP contribution >= 0.6 is 11.6 Å². The lowest BCUT2D eigenvalue weighted by atomic mass is 10.0. The van der Waals surface area contributed by atoms with Gasteiger partial charge >= 0.3 is 5.97 Å². The summed E-state index contributed by atoms with van der Waals surface area (Å²) in [6.07, 6.45) is -0.166. The average Bonchev–Trinajstić information content (AvgIpc) is 3.64. The Hall–Kier alpha value is -2.92. The standard InChI is InChI=1S/C26H23ClF2O3/c27-20-12-10-19(11-13-20)25(18-8-9-18)32-26(30)23(29)15-7-17-6-14-22(28)24(16-17)31-21-4-2-1-3-5-21/h1-6,10-14,16,18,23,25H,7-9,15H2. The SMILES string of the molecule is O=C(OC(c1ccc(Cl)cc1)C1CC1)C(F)CCc1ccc(F)c(Oc2ccccc2)c1. The molecule has 0 radical (unpaired) electrons. The minimum absolute atomic E-state index is 0.0585. The van der Waals surface area contributed by atoms with Crippen molar-refractivity contribution in [1.82, 2.24) is 0 Å². The van der Waals surface area contributed by atoms with Crippen LogP contribution in [-0.2, 0) is 16.0 Å². The number of hydrogen-bond donors (Lipinski definition) is 0. The molecule has 0 saturated heterocycles. The smallest absolute Gasteiger partial charge is 0.341 e. The Morgan fingerprint density at radius 2 is 1.75 bits per heavy atom. The summed E-state index contributed by atoms with van der Waals surface area (Å²) in [5.41, 5.74) is 1.49. The fraction of sp³-hybridized carbons (Fsp3) is 0.269. The summed E-state index contributed by atoms with van der Waals surface area (Å²) in [6.45, 7) is 0. The second-order valence-electron chi connectivity index (χ2n) is 7.93. The van der Waals surface area contributed by atoms with Crippen LogP contribution in [0.3, 0.4) is 0 Å². The Morgan fingerprint density at radius 3 is 2.44 bits per heavy atom. The van der Waals surface area contributed by atoms with E-state index in [-0.39, 0.29) is 24.5 Å². The van der Waals surface area contributed by atoms with Gasteiger partial charge < -0.3 is 9.47 Å². The summed E-state index contributed by atoms with van der Waals surface area (Å²) in [5.74, 6) is -0.613. The number of esters is 1. The quantitative estimate of drug-likeness (QED) is 0.318. The van der Waals surface area contributed by atoms with Gasteiger partial charge in [0.05, 0.1) is 0 Å². The summed E-state index contributed by atoms with van der Waals surface area (Å²) in [5, 5.41) is 0.591. The van der Waals surface area contributed by atoms with E-state index >= 15 is 0 Å². The van der Waals surface area contributed by atoms with Crippen molar-refractivity contribution in [2.75, 3.05) is 0 Å². The molecule has 1 fully saturated rings. The molecule has 0 amide bonds. The molecular formula is C26H23ClF2O3. The van der Waals surface area contributed by atoms with Gasteiger partial charge in [0.25, 0.3) is 0 Å². The van der Waals surface area contributed by atoms with Crippen LogP contribution in [0.5, 0.6) is 11.5 Å². The van der Waals surface area contributed by atoms with Crippen LogP contribution in [0.25, 0.3) is 0 Å². The highest BCUT2D eigenvalue weighted by Gasteiger charge is 2.36. The number of aryl methyl sites for hydroxylation is 1. The second-order valence-corrected chi connectivity index (χ2v) is 8.37. The van der Waals surface area contributed by atoms with Crippen molar-refractivity contribution >= 4 is 17.6 Å². The Morgan fingerprint density at radius 1 is 1.03 bits per heavy atom. The van der Waals surface area contributed by atoms with E-state index in [1.165, 1.54) is 12.1 Å². The third-order valence-corrected chi connectivity index (χ3v) is 5.65. The van der Waals surface area contributed by atoms with Crippen molar-refractivity contribution in [3.05, 3.63) is 94.8 Å². The van der Waals surface area contributed by atoms with Gasteiger partial charge in [-0.15, -0.1) is 0 Å². The fourth-order valence-corrected chi connectivity index (χ4v) is 3.62. The summed E-state index contributed by atoms with van der Waals surface area (Å²) in [6, 6.07) is 20.3. The van der Waals surface area contributed by atoms with Crippen LogP contribution < -0.4 is 4.74 Å². The lowest BCUT2D eigenvalue weighted by molar-refractivity contribution is -0.157. The van der Waals surface area contributed by atoms with Gasteiger partial charge in [-0.1, -0.05) is 48.0 Å². The van der Waals surface area contributed by atoms with E-state index in [2.05, 4.69) is 0 Å². The Balaban J connectivity index is 1.35. The molecule has 3 nitrogen and oxygen atoms in total. The molecule has 32 heavy (non-hydrogen) atoms. The zero-order valence-electron chi connectivity index (χ0n) is 17.3. The molecule has 1 aliphatic carbocycles. The number of para-hydroxylation sites is 1. The van der Waals surface area contributed by atoms with Crippen LogP contribution in [0, 0.1) is 11.7 Å². The molecule has 0 aromatic heterocycles. The van der Waals surface area contributed by atoms with Crippen molar-refractivity contribution in [3.8, 4) is 11.5 Å². The maximum absolute atomic E-state index is 14.6. The van der Waals surface area contributed by atoms with Crippen LogP contribution in [0.15, 0.2) is 72.8 Å². The maximum Gasteiger partial charge on any atom is 0.341 e. The topological polar surface area (TPSA) is 35.5 Å². The largest absolute Gasteiger partial charge is 0.455 e. The van der Waals surface area contributed by atoms with Gasteiger partial charge in [-0.3, -0.25) is 0 Å². The second kappa shape index (κ2) is 10.1. The molecule has 3 aromatic rings. The summed E-state index contributed by atoms with van der Waals surface area (Å²) in [4.78, 5) is 12.4. The molecular weight excluding hydrogens is 434 g/mol.